The first-order valence-electron chi connectivity index (χ1n) is 6.42. The maximum atomic E-state index is 11.5. The molecule has 0 aromatic heterocycles. The van der Waals surface area contributed by atoms with E-state index in [-0.39, 0.29) is 5.75 Å². The Hall–Kier alpha value is -0.620. The number of ether oxygens (including phenoxy) is 1. The van der Waals surface area contributed by atoms with Crippen LogP contribution in [0.1, 0.15) is 39.5 Å². The van der Waals surface area contributed by atoms with E-state index in [4.69, 9.17) is 0 Å². The maximum absolute atomic E-state index is 11.5. The van der Waals surface area contributed by atoms with Crippen LogP contribution < -0.4 is 5.32 Å². The van der Waals surface area contributed by atoms with Crippen LogP contribution >= 0.6 is 0 Å². The highest BCUT2D eigenvalue weighted by Gasteiger charge is 2.16. The molecule has 108 valence electrons. The van der Waals surface area contributed by atoms with E-state index in [0.717, 1.165) is 25.8 Å². The summed E-state index contributed by atoms with van der Waals surface area (Å²) < 4.78 is 27.3. The molecule has 0 spiro atoms. The van der Waals surface area contributed by atoms with Gasteiger partial charge in [-0.2, -0.15) is 0 Å². The third kappa shape index (κ3) is 9.41. The van der Waals surface area contributed by atoms with E-state index < -0.39 is 21.6 Å². The van der Waals surface area contributed by atoms with E-state index >= 15 is 0 Å². The lowest BCUT2D eigenvalue weighted by atomic mass is 10.1. The van der Waals surface area contributed by atoms with Gasteiger partial charge in [0.1, 0.15) is 5.75 Å². The molecule has 0 heterocycles. The Bertz CT molecular complexity index is 327. The minimum atomic E-state index is -3.30. The zero-order valence-corrected chi connectivity index (χ0v) is 12.4. The first-order valence-corrected chi connectivity index (χ1v) is 8.24. The van der Waals surface area contributed by atoms with Gasteiger partial charge in [-0.15, -0.1) is 0 Å². The fourth-order valence-electron chi connectivity index (χ4n) is 1.58. The molecule has 0 bridgehead atoms. The van der Waals surface area contributed by atoms with Crippen LogP contribution in [0.2, 0.25) is 0 Å². The number of hydrogen-bond acceptors (Lipinski definition) is 5. The van der Waals surface area contributed by atoms with Gasteiger partial charge in [0.25, 0.3) is 0 Å². The number of unbranched alkanes of at least 4 members (excludes halogenated alkanes) is 1. The normalized spacial score (nSPS) is 13.3. The zero-order valence-electron chi connectivity index (χ0n) is 11.6. The second-order valence-corrected chi connectivity index (χ2v) is 6.70. The summed E-state index contributed by atoms with van der Waals surface area (Å²) in [5, 5.41) is 3.35. The van der Waals surface area contributed by atoms with E-state index in [0.29, 0.717) is 12.5 Å². The summed E-state index contributed by atoms with van der Waals surface area (Å²) in [5.41, 5.74) is 0. The number of carbonyl (C=O) groups excluding carboxylic acids is 1. The standard InChI is InChI=1S/C12H25NO4S/c1-4-8-13-11(2)7-5-6-9-18(15,16)10-12(14)17-3/h11,13H,4-10H2,1-3H3. The minimum Gasteiger partial charge on any atom is -0.468 e. The van der Waals surface area contributed by atoms with Gasteiger partial charge in [0, 0.05) is 6.04 Å². The Morgan fingerprint density at radius 2 is 2.00 bits per heavy atom. The number of esters is 1. The summed E-state index contributed by atoms with van der Waals surface area (Å²) in [6.45, 7) is 5.19. The van der Waals surface area contributed by atoms with Crippen LogP contribution in [0.25, 0.3) is 0 Å². The summed E-state index contributed by atoms with van der Waals surface area (Å²) in [7, 11) is -2.11. The number of rotatable bonds is 10. The van der Waals surface area contributed by atoms with Crippen LogP contribution in [0.3, 0.4) is 0 Å². The quantitative estimate of drug-likeness (QED) is 0.479. The van der Waals surface area contributed by atoms with Gasteiger partial charge in [0.2, 0.25) is 0 Å². The minimum absolute atomic E-state index is 0.0581. The summed E-state index contributed by atoms with van der Waals surface area (Å²) >= 11 is 0. The highest BCUT2D eigenvalue weighted by molar-refractivity contribution is 7.92. The van der Waals surface area contributed by atoms with Crippen molar-refractivity contribution in [3.63, 3.8) is 0 Å². The van der Waals surface area contributed by atoms with Crippen molar-refractivity contribution in [2.24, 2.45) is 0 Å². The highest BCUT2D eigenvalue weighted by Crippen LogP contribution is 2.04. The van der Waals surface area contributed by atoms with Gasteiger partial charge < -0.3 is 10.1 Å². The molecular formula is C12H25NO4S. The highest BCUT2D eigenvalue weighted by atomic mass is 32.2. The number of hydrogen-bond donors (Lipinski definition) is 1. The number of nitrogens with one attached hydrogen (secondary N) is 1. The van der Waals surface area contributed by atoms with E-state index in [2.05, 4.69) is 23.9 Å². The van der Waals surface area contributed by atoms with Crippen molar-refractivity contribution in [1.82, 2.24) is 5.32 Å². The topological polar surface area (TPSA) is 72.5 Å². The van der Waals surface area contributed by atoms with Crippen molar-refractivity contribution >= 4 is 15.8 Å². The third-order valence-corrected chi connectivity index (χ3v) is 4.24. The molecule has 18 heavy (non-hydrogen) atoms. The Morgan fingerprint density at radius 3 is 2.56 bits per heavy atom. The van der Waals surface area contributed by atoms with Gasteiger partial charge in [-0.25, -0.2) is 8.42 Å². The lowest BCUT2D eigenvalue weighted by molar-refractivity contribution is -0.137. The largest absolute Gasteiger partial charge is 0.468 e. The first kappa shape index (κ1) is 17.4. The number of methoxy groups -OCH3 is 1. The molecule has 5 nitrogen and oxygen atoms in total. The van der Waals surface area contributed by atoms with Crippen molar-refractivity contribution in [3.8, 4) is 0 Å². The third-order valence-electron chi connectivity index (χ3n) is 2.65. The summed E-state index contributed by atoms with van der Waals surface area (Å²) in [4.78, 5) is 10.9. The predicted molar refractivity (Wildman–Crippen MR) is 72.3 cm³/mol. The van der Waals surface area contributed by atoms with Crippen LogP contribution in [0, 0.1) is 0 Å². The molecule has 0 aromatic carbocycles. The van der Waals surface area contributed by atoms with Gasteiger partial charge in [-0.05, 0) is 32.7 Å². The molecule has 1 atom stereocenters. The molecule has 0 fully saturated rings. The second kappa shape index (κ2) is 9.33. The van der Waals surface area contributed by atoms with Crippen LogP contribution in [-0.2, 0) is 19.4 Å². The molecule has 0 saturated carbocycles. The Labute approximate surface area is 110 Å². The molecule has 0 aliphatic heterocycles. The summed E-state index contributed by atoms with van der Waals surface area (Å²) in [6.07, 6.45) is 3.49. The summed E-state index contributed by atoms with van der Waals surface area (Å²) in [5.74, 6) is -1.14. The van der Waals surface area contributed by atoms with Crippen LogP contribution in [0.4, 0.5) is 0 Å². The molecule has 0 amide bonds. The smallest absolute Gasteiger partial charge is 0.320 e. The van der Waals surface area contributed by atoms with E-state index in [1.54, 1.807) is 0 Å². The SMILES string of the molecule is CCCNC(C)CCCCS(=O)(=O)CC(=O)OC. The van der Waals surface area contributed by atoms with Gasteiger partial charge >= 0.3 is 5.97 Å². The molecule has 0 saturated heterocycles. The second-order valence-electron chi connectivity index (χ2n) is 4.52. The fraction of sp³-hybridized carbons (Fsp3) is 0.917. The van der Waals surface area contributed by atoms with E-state index in [1.807, 2.05) is 0 Å². The lowest BCUT2D eigenvalue weighted by Gasteiger charge is -2.12. The van der Waals surface area contributed by atoms with Crippen molar-refractivity contribution in [2.75, 3.05) is 25.2 Å². The van der Waals surface area contributed by atoms with Crippen molar-refractivity contribution < 1.29 is 17.9 Å². The van der Waals surface area contributed by atoms with Gasteiger partial charge in [-0.1, -0.05) is 13.3 Å². The predicted octanol–water partition coefficient (Wildman–Crippen LogP) is 1.13. The van der Waals surface area contributed by atoms with Crippen molar-refractivity contribution in [3.05, 3.63) is 0 Å². The average molecular weight is 279 g/mol. The maximum Gasteiger partial charge on any atom is 0.320 e. The number of carbonyl (C=O) groups is 1. The average Bonchev–Trinajstić information content (AvgIpc) is 2.31. The van der Waals surface area contributed by atoms with Gasteiger partial charge in [-0.3, -0.25) is 4.79 Å². The first-order chi connectivity index (χ1) is 8.41. The van der Waals surface area contributed by atoms with Crippen LogP contribution in [0.5, 0.6) is 0 Å². The Morgan fingerprint density at radius 1 is 1.33 bits per heavy atom. The van der Waals surface area contributed by atoms with E-state index in [1.165, 1.54) is 7.11 Å². The monoisotopic (exact) mass is 279 g/mol. The van der Waals surface area contributed by atoms with E-state index in [9.17, 15) is 13.2 Å². The molecule has 0 rings (SSSR count). The number of sulfone groups is 1. The fourth-order valence-corrected chi connectivity index (χ4v) is 2.84. The molecule has 1 unspecified atom stereocenters. The molecular weight excluding hydrogens is 254 g/mol. The zero-order chi connectivity index (χ0) is 14.0. The Balaban J connectivity index is 3.74. The molecule has 0 radical (unpaired) electrons. The van der Waals surface area contributed by atoms with Crippen molar-refractivity contribution in [1.29, 1.82) is 0 Å². The molecule has 0 aliphatic rings. The lowest BCUT2D eigenvalue weighted by Crippen LogP contribution is -2.26. The summed E-state index contributed by atoms with van der Waals surface area (Å²) in [6, 6.07) is 0.410. The molecule has 0 aromatic rings. The van der Waals surface area contributed by atoms with Gasteiger partial charge in [0.05, 0.1) is 12.9 Å². The van der Waals surface area contributed by atoms with Crippen LogP contribution in [-0.4, -0.2) is 45.6 Å². The Kier molecular flexibility index (Phi) is 9.01. The molecule has 1 N–H and O–H groups in total. The molecule has 6 heteroatoms. The van der Waals surface area contributed by atoms with Gasteiger partial charge in [0.15, 0.2) is 9.84 Å². The molecule has 0 aliphatic carbocycles. The van der Waals surface area contributed by atoms with Crippen molar-refractivity contribution in [2.45, 2.75) is 45.6 Å². The van der Waals surface area contributed by atoms with Crippen LogP contribution in [0.15, 0.2) is 0 Å².